The van der Waals surface area contributed by atoms with Gasteiger partial charge in [0.15, 0.2) is 0 Å². The van der Waals surface area contributed by atoms with Crippen molar-refractivity contribution in [1.29, 1.82) is 0 Å². The predicted octanol–water partition coefficient (Wildman–Crippen LogP) is 1.28. The third kappa shape index (κ3) is 4.09. The topological polar surface area (TPSA) is 12.5 Å². The van der Waals surface area contributed by atoms with E-state index in [1.807, 2.05) is 19.0 Å². The molecule has 2 nitrogen and oxygen atoms in total. The van der Waals surface area contributed by atoms with Crippen molar-refractivity contribution in [2.75, 3.05) is 20.2 Å². The van der Waals surface area contributed by atoms with Crippen molar-refractivity contribution in [1.82, 2.24) is 5.06 Å². The molecule has 0 aromatic heterocycles. The van der Waals surface area contributed by atoms with Crippen LogP contribution in [-0.2, 0) is 4.84 Å². The van der Waals surface area contributed by atoms with Crippen LogP contribution >= 0.6 is 0 Å². The summed E-state index contributed by atoms with van der Waals surface area (Å²) >= 11 is 0. The lowest BCUT2D eigenvalue weighted by Crippen LogP contribution is -2.19. The van der Waals surface area contributed by atoms with Crippen LogP contribution in [-0.4, -0.2) is 25.3 Å². The summed E-state index contributed by atoms with van der Waals surface area (Å²) in [5.41, 5.74) is 0. The fraction of sp³-hybridized carbons (Fsp3) is 1.00. The number of rotatable bonds is 4. The zero-order valence-corrected chi connectivity index (χ0v) is 5.98. The van der Waals surface area contributed by atoms with Crippen LogP contribution in [0.3, 0.4) is 0 Å². The van der Waals surface area contributed by atoms with Gasteiger partial charge in [-0.25, -0.2) is 0 Å². The normalized spacial score (nSPS) is 10.5. The number of hydroxylamine groups is 2. The van der Waals surface area contributed by atoms with Gasteiger partial charge in [-0.05, 0) is 13.3 Å². The van der Waals surface area contributed by atoms with E-state index in [4.69, 9.17) is 4.84 Å². The van der Waals surface area contributed by atoms with Crippen LogP contribution in [0.2, 0.25) is 0 Å². The third-order valence-electron chi connectivity index (χ3n) is 0.888. The molecule has 0 aromatic rings. The minimum atomic E-state index is 0.774. The van der Waals surface area contributed by atoms with E-state index in [9.17, 15) is 0 Å². The van der Waals surface area contributed by atoms with Crippen molar-refractivity contribution in [3.63, 3.8) is 0 Å². The van der Waals surface area contributed by atoms with E-state index in [0.29, 0.717) is 0 Å². The van der Waals surface area contributed by atoms with Gasteiger partial charge in [0.05, 0.1) is 6.61 Å². The molecule has 0 aliphatic heterocycles. The Hall–Kier alpha value is -0.0800. The zero-order valence-electron chi connectivity index (χ0n) is 5.98. The van der Waals surface area contributed by atoms with Gasteiger partial charge in [-0.3, -0.25) is 4.84 Å². The molecule has 8 heavy (non-hydrogen) atoms. The van der Waals surface area contributed by atoms with Crippen molar-refractivity contribution >= 4 is 0 Å². The standard InChI is InChI=1S/C6H15NO/c1-4-6-7(3)8-5-2/h4-6H2,1-3H3. The van der Waals surface area contributed by atoms with Crippen molar-refractivity contribution in [3.05, 3.63) is 0 Å². The van der Waals surface area contributed by atoms with Crippen LogP contribution in [0.5, 0.6) is 0 Å². The largest absolute Gasteiger partial charge is 0.300 e. The summed E-state index contributed by atoms with van der Waals surface area (Å²) in [7, 11) is 1.95. The third-order valence-corrected chi connectivity index (χ3v) is 0.888. The SMILES string of the molecule is CCCN(C)OCC. The highest BCUT2D eigenvalue weighted by Crippen LogP contribution is 1.85. The Morgan fingerprint density at radius 2 is 2.00 bits per heavy atom. The Morgan fingerprint density at radius 3 is 2.38 bits per heavy atom. The summed E-state index contributed by atoms with van der Waals surface area (Å²) < 4.78 is 0. The summed E-state index contributed by atoms with van der Waals surface area (Å²) in [6.07, 6.45) is 1.15. The van der Waals surface area contributed by atoms with Gasteiger partial charge in [-0.15, -0.1) is 0 Å². The fourth-order valence-electron chi connectivity index (χ4n) is 0.600. The average molecular weight is 117 g/mol. The van der Waals surface area contributed by atoms with Gasteiger partial charge in [0.1, 0.15) is 0 Å². The number of hydrogen-bond donors (Lipinski definition) is 0. The van der Waals surface area contributed by atoms with E-state index in [1.54, 1.807) is 0 Å². The maximum absolute atomic E-state index is 5.12. The maximum atomic E-state index is 5.12. The van der Waals surface area contributed by atoms with Gasteiger partial charge >= 0.3 is 0 Å². The molecule has 0 saturated heterocycles. The van der Waals surface area contributed by atoms with Crippen LogP contribution < -0.4 is 0 Å². The van der Waals surface area contributed by atoms with Gasteiger partial charge in [-0.2, -0.15) is 5.06 Å². The molecule has 0 bridgehead atoms. The first-order valence-electron chi connectivity index (χ1n) is 3.15. The molecule has 0 radical (unpaired) electrons. The lowest BCUT2D eigenvalue weighted by molar-refractivity contribution is -0.134. The number of nitrogens with zero attached hydrogens (tertiary/aromatic N) is 1. The summed E-state index contributed by atoms with van der Waals surface area (Å²) in [5.74, 6) is 0. The smallest absolute Gasteiger partial charge is 0.0656 e. The van der Waals surface area contributed by atoms with E-state index in [-0.39, 0.29) is 0 Å². The molecule has 0 aromatic carbocycles. The predicted molar refractivity (Wildman–Crippen MR) is 34.5 cm³/mol. The molecule has 0 fully saturated rings. The zero-order chi connectivity index (χ0) is 6.41. The molecule has 0 N–H and O–H groups in total. The quantitative estimate of drug-likeness (QED) is 0.514. The van der Waals surface area contributed by atoms with E-state index in [2.05, 4.69) is 6.92 Å². The average Bonchev–Trinajstić information content (AvgIpc) is 1.68. The highest BCUT2D eigenvalue weighted by molar-refractivity contribution is 4.30. The van der Waals surface area contributed by atoms with Crippen molar-refractivity contribution in [3.8, 4) is 0 Å². The maximum Gasteiger partial charge on any atom is 0.0656 e. The van der Waals surface area contributed by atoms with Crippen LogP contribution in [0.1, 0.15) is 20.3 Å². The van der Waals surface area contributed by atoms with Crippen LogP contribution in [0.4, 0.5) is 0 Å². The monoisotopic (exact) mass is 117 g/mol. The van der Waals surface area contributed by atoms with Gasteiger partial charge < -0.3 is 0 Å². The Kier molecular flexibility index (Phi) is 5.01. The second kappa shape index (κ2) is 5.06. The molecule has 0 amide bonds. The molecule has 0 spiro atoms. The van der Waals surface area contributed by atoms with Gasteiger partial charge in [0.25, 0.3) is 0 Å². The van der Waals surface area contributed by atoms with Crippen molar-refractivity contribution in [2.24, 2.45) is 0 Å². The molecule has 0 atom stereocenters. The van der Waals surface area contributed by atoms with Crippen molar-refractivity contribution in [2.45, 2.75) is 20.3 Å². The first kappa shape index (κ1) is 7.92. The van der Waals surface area contributed by atoms with Crippen LogP contribution in [0.25, 0.3) is 0 Å². The Morgan fingerprint density at radius 1 is 1.38 bits per heavy atom. The first-order chi connectivity index (χ1) is 3.81. The minimum absolute atomic E-state index is 0.774. The second-order valence-electron chi connectivity index (χ2n) is 1.77. The van der Waals surface area contributed by atoms with Crippen LogP contribution in [0, 0.1) is 0 Å². The van der Waals surface area contributed by atoms with Gasteiger partial charge in [-0.1, -0.05) is 6.92 Å². The fourth-order valence-corrected chi connectivity index (χ4v) is 0.600. The highest BCUT2D eigenvalue weighted by Gasteiger charge is 1.90. The van der Waals surface area contributed by atoms with Crippen molar-refractivity contribution < 1.29 is 4.84 Å². The highest BCUT2D eigenvalue weighted by atomic mass is 16.7. The summed E-state index contributed by atoms with van der Waals surface area (Å²) in [4.78, 5) is 5.12. The lowest BCUT2D eigenvalue weighted by atomic mass is 10.5. The molecule has 0 saturated carbocycles. The number of hydrogen-bond acceptors (Lipinski definition) is 2. The molecule has 0 rings (SSSR count). The van der Waals surface area contributed by atoms with E-state index in [0.717, 1.165) is 19.6 Å². The molecular weight excluding hydrogens is 102 g/mol. The molecular formula is C6H15NO. The van der Waals surface area contributed by atoms with E-state index < -0.39 is 0 Å². The molecule has 0 aliphatic rings. The van der Waals surface area contributed by atoms with Gasteiger partial charge in [0, 0.05) is 13.6 Å². The summed E-state index contributed by atoms with van der Waals surface area (Å²) in [6.45, 7) is 5.92. The Balaban J connectivity index is 2.92. The van der Waals surface area contributed by atoms with E-state index in [1.165, 1.54) is 0 Å². The van der Waals surface area contributed by atoms with Crippen LogP contribution in [0.15, 0.2) is 0 Å². The molecule has 0 heterocycles. The lowest BCUT2D eigenvalue weighted by Gasteiger charge is -2.12. The molecule has 50 valence electrons. The Labute approximate surface area is 51.4 Å². The van der Waals surface area contributed by atoms with Gasteiger partial charge in [0.2, 0.25) is 0 Å². The Bertz CT molecular complexity index is 41.8. The summed E-state index contributed by atoms with van der Waals surface area (Å²) in [6, 6.07) is 0. The molecule has 0 unspecified atom stereocenters. The second-order valence-corrected chi connectivity index (χ2v) is 1.77. The molecule has 2 heteroatoms. The summed E-state index contributed by atoms with van der Waals surface area (Å²) in [5, 5.41) is 1.86. The minimum Gasteiger partial charge on any atom is -0.300 e. The van der Waals surface area contributed by atoms with E-state index >= 15 is 0 Å². The first-order valence-corrected chi connectivity index (χ1v) is 3.15. The molecule has 0 aliphatic carbocycles.